The van der Waals surface area contributed by atoms with Gasteiger partial charge in [0.2, 0.25) is 6.79 Å². The molecule has 1 aliphatic heterocycles. The van der Waals surface area contributed by atoms with Crippen molar-refractivity contribution in [1.29, 1.82) is 0 Å². The van der Waals surface area contributed by atoms with E-state index in [1.807, 2.05) is 0 Å². The summed E-state index contributed by atoms with van der Waals surface area (Å²) in [4.78, 5) is 23.6. The molecule has 7 nitrogen and oxygen atoms in total. The van der Waals surface area contributed by atoms with Crippen LogP contribution in [0.4, 0.5) is 11.4 Å². The number of nitrogen functional groups attached to an aromatic ring is 1. The van der Waals surface area contributed by atoms with Crippen molar-refractivity contribution in [3.63, 3.8) is 0 Å². The van der Waals surface area contributed by atoms with Crippen LogP contribution >= 0.6 is 0 Å². The first-order valence-electron chi connectivity index (χ1n) is 6.84. The zero-order chi connectivity index (χ0) is 16.2. The molecule has 2 aromatic rings. The van der Waals surface area contributed by atoms with E-state index in [0.717, 1.165) is 0 Å². The average Bonchev–Trinajstić information content (AvgIpc) is 3.00. The van der Waals surface area contributed by atoms with Crippen molar-refractivity contribution in [2.45, 2.75) is 0 Å². The normalized spacial score (nSPS) is 11.8. The highest BCUT2D eigenvalue weighted by atomic mass is 16.7. The number of fused-ring (bicyclic) bond motifs is 1. The van der Waals surface area contributed by atoms with Gasteiger partial charge in [0.05, 0.1) is 5.56 Å². The van der Waals surface area contributed by atoms with Gasteiger partial charge in [0.1, 0.15) is 0 Å². The van der Waals surface area contributed by atoms with Gasteiger partial charge in [0.25, 0.3) is 5.91 Å². The van der Waals surface area contributed by atoms with E-state index in [9.17, 15) is 9.59 Å². The zero-order valence-electron chi connectivity index (χ0n) is 12.1. The molecule has 7 heteroatoms. The van der Waals surface area contributed by atoms with Gasteiger partial charge in [0.15, 0.2) is 18.1 Å². The number of benzene rings is 2. The monoisotopic (exact) mass is 314 g/mol. The predicted octanol–water partition coefficient (Wildman–Crippen LogP) is 1.79. The molecular formula is C16H14N2O5. The Morgan fingerprint density at radius 3 is 2.78 bits per heavy atom. The summed E-state index contributed by atoms with van der Waals surface area (Å²) >= 11 is 0. The highest BCUT2D eigenvalue weighted by Gasteiger charge is 2.15. The fraction of sp³-hybridized carbons (Fsp3) is 0.125. The minimum absolute atomic E-state index is 0.157. The molecule has 1 amide bonds. The van der Waals surface area contributed by atoms with Crippen molar-refractivity contribution in [2.75, 3.05) is 24.5 Å². The molecule has 0 bridgehead atoms. The van der Waals surface area contributed by atoms with Crippen molar-refractivity contribution in [3.05, 3.63) is 48.0 Å². The third-order valence-corrected chi connectivity index (χ3v) is 3.11. The highest BCUT2D eigenvalue weighted by Crippen LogP contribution is 2.34. The molecule has 118 valence electrons. The molecule has 0 saturated heterocycles. The van der Waals surface area contributed by atoms with E-state index < -0.39 is 18.5 Å². The maximum absolute atomic E-state index is 11.8. The largest absolute Gasteiger partial charge is 0.454 e. The van der Waals surface area contributed by atoms with Crippen LogP contribution < -0.4 is 20.5 Å². The van der Waals surface area contributed by atoms with Crippen molar-refractivity contribution in [1.82, 2.24) is 0 Å². The zero-order valence-corrected chi connectivity index (χ0v) is 12.1. The first-order chi connectivity index (χ1) is 11.1. The number of amides is 1. The number of nitrogens with two attached hydrogens (primary N) is 1. The molecule has 0 unspecified atom stereocenters. The average molecular weight is 314 g/mol. The SMILES string of the molecule is Nc1cccc(C(=O)OCC(=O)Nc2ccc3c(c2)OCO3)c1. The second kappa shape index (κ2) is 6.27. The van der Waals surface area contributed by atoms with Crippen molar-refractivity contribution >= 4 is 23.3 Å². The first kappa shape index (κ1) is 14.7. The third kappa shape index (κ3) is 3.52. The summed E-state index contributed by atoms with van der Waals surface area (Å²) in [5, 5.41) is 2.61. The lowest BCUT2D eigenvalue weighted by molar-refractivity contribution is -0.119. The number of esters is 1. The molecule has 0 atom stereocenters. The summed E-state index contributed by atoms with van der Waals surface area (Å²) in [6.45, 7) is -0.243. The lowest BCUT2D eigenvalue weighted by Crippen LogP contribution is -2.20. The molecule has 3 N–H and O–H groups in total. The van der Waals surface area contributed by atoms with Gasteiger partial charge in [-0.2, -0.15) is 0 Å². The van der Waals surface area contributed by atoms with Gasteiger partial charge in [-0.15, -0.1) is 0 Å². The number of hydrogen-bond acceptors (Lipinski definition) is 6. The Bertz CT molecular complexity index is 760. The van der Waals surface area contributed by atoms with Crippen LogP contribution in [0.5, 0.6) is 11.5 Å². The molecule has 1 aliphatic rings. The van der Waals surface area contributed by atoms with E-state index in [-0.39, 0.29) is 6.79 Å². The number of anilines is 2. The Morgan fingerprint density at radius 1 is 1.13 bits per heavy atom. The summed E-state index contributed by atoms with van der Waals surface area (Å²) in [5.74, 6) is 0.106. The van der Waals surface area contributed by atoms with Crippen molar-refractivity contribution < 1.29 is 23.8 Å². The number of carbonyl (C=O) groups excluding carboxylic acids is 2. The molecule has 1 heterocycles. The fourth-order valence-corrected chi connectivity index (χ4v) is 2.05. The van der Waals surface area contributed by atoms with E-state index in [0.29, 0.717) is 28.4 Å². The molecule has 0 spiro atoms. The summed E-state index contributed by atoms with van der Waals surface area (Å²) in [6, 6.07) is 11.3. The summed E-state index contributed by atoms with van der Waals surface area (Å²) < 4.78 is 15.3. The second-order valence-corrected chi connectivity index (χ2v) is 4.82. The topological polar surface area (TPSA) is 99.9 Å². The van der Waals surface area contributed by atoms with Gasteiger partial charge in [-0.25, -0.2) is 4.79 Å². The summed E-state index contributed by atoms with van der Waals surface area (Å²) in [7, 11) is 0. The number of ether oxygens (including phenoxy) is 3. The quantitative estimate of drug-likeness (QED) is 0.659. The van der Waals surface area contributed by atoms with Gasteiger partial charge in [-0.3, -0.25) is 4.79 Å². The number of rotatable bonds is 4. The van der Waals surface area contributed by atoms with E-state index in [1.54, 1.807) is 36.4 Å². The van der Waals surface area contributed by atoms with E-state index >= 15 is 0 Å². The minimum Gasteiger partial charge on any atom is -0.454 e. The lowest BCUT2D eigenvalue weighted by Gasteiger charge is -2.07. The predicted molar refractivity (Wildman–Crippen MR) is 82.3 cm³/mol. The van der Waals surface area contributed by atoms with Gasteiger partial charge in [0, 0.05) is 17.4 Å². The number of nitrogens with one attached hydrogen (secondary N) is 1. The van der Waals surface area contributed by atoms with Crippen LogP contribution in [-0.2, 0) is 9.53 Å². The standard InChI is InChI=1S/C16H14N2O5/c17-11-3-1-2-10(6-11)16(20)21-8-15(19)18-12-4-5-13-14(7-12)23-9-22-13/h1-7H,8-9,17H2,(H,18,19). The van der Waals surface area contributed by atoms with Gasteiger partial charge in [-0.1, -0.05) is 6.07 Å². The molecule has 0 aliphatic carbocycles. The third-order valence-electron chi connectivity index (χ3n) is 3.11. The molecule has 2 aromatic carbocycles. The molecule has 0 radical (unpaired) electrons. The van der Waals surface area contributed by atoms with Crippen LogP contribution in [0, 0.1) is 0 Å². The van der Waals surface area contributed by atoms with Gasteiger partial charge in [-0.05, 0) is 30.3 Å². The van der Waals surface area contributed by atoms with Crippen LogP contribution in [0.25, 0.3) is 0 Å². The summed E-state index contributed by atoms with van der Waals surface area (Å²) in [6.07, 6.45) is 0. The van der Waals surface area contributed by atoms with Crippen LogP contribution in [0.2, 0.25) is 0 Å². The Balaban J connectivity index is 1.54. The van der Waals surface area contributed by atoms with Gasteiger partial charge >= 0.3 is 5.97 Å². The smallest absolute Gasteiger partial charge is 0.338 e. The van der Waals surface area contributed by atoms with E-state index in [4.69, 9.17) is 19.9 Å². The highest BCUT2D eigenvalue weighted by molar-refractivity contribution is 5.96. The maximum Gasteiger partial charge on any atom is 0.338 e. The molecule has 3 rings (SSSR count). The Hall–Kier alpha value is -3.22. The Kier molecular flexibility index (Phi) is 4.01. The minimum atomic E-state index is -0.613. The first-order valence-corrected chi connectivity index (χ1v) is 6.84. The maximum atomic E-state index is 11.8. The summed E-state index contributed by atoms with van der Waals surface area (Å²) in [5.41, 5.74) is 6.86. The van der Waals surface area contributed by atoms with Crippen LogP contribution in [0.1, 0.15) is 10.4 Å². The van der Waals surface area contributed by atoms with Crippen LogP contribution in [0.15, 0.2) is 42.5 Å². The number of carbonyl (C=O) groups is 2. The molecule has 0 aromatic heterocycles. The lowest BCUT2D eigenvalue weighted by atomic mass is 10.2. The van der Waals surface area contributed by atoms with E-state index in [1.165, 1.54) is 6.07 Å². The fourth-order valence-electron chi connectivity index (χ4n) is 2.05. The molecular weight excluding hydrogens is 300 g/mol. The van der Waals surface area contributed by atoms with Crippen LogP contribution in [0.3, 0.4) is 0 Å². The Labute approximate surface area is 131 Å². The van der Waals surface area contributed by atoms with Gasteiger partial charge < -0.3 is 25.3 Å². The second-order valence-electron chi connectivity index (χ2n) is 4.82. The van der Waals surface area contributed by atoms with Crippen molar-refractivity contribution in [2.24, 2.45) is 0 Å². The van der Waals surface area contributed by atoms with Crippen LogP contribution in [-0.4, -0.2) is 25.3 Å². The molecule has 0 fully saturated rings. The number of hydrogen-bond donors (Lipinski definition) is 2. The molecule has 0 saturated carbocycles. The van der Waals surface area contributed by atoms with E-state index in [2.05, 4.69) is 5.32 Å². The van der Waals surface area contributed by atoms with Crippen molar-refractivity contribution in [3.8, 4) is 11.5 Å². The molecule has 23 heavy (non-hydrogen) atoms. The Morgan fingerprint density at radius 2 is 1.96 bits per heavy atom.